The van der Waals surface area contributed by atoms with Gasteiger partial charge in [-0.2, -0.15) is 0 Å². The normalized spacial score (nSPS) is 10.8. The van der Waals surface area contributed by atoms with Crippen LogP contribution < -0.4 is 4.74 Å². The molecule has 34 heavy (non-hydrogen) atoms. The molecule has 174 valence electrons. The molecule has 6 heteroatoms. The Morgan fingerprint density at radius 2 is 1.09 bits per heavy atom. The van der Waals surface area contributed by atoms with E-state index in [1.807, 2.05) is 48.5 Å². The Labute approximate surface area is 197 Å². The highest BCUT2D eigenvalue weighted by Gasteiger charge is 2.10. The maximum atomic E-state index is 10.3. The first kappa shape index (κ1) is 22.9. The van der Waals surface area contributed by atoms with Gasteiger partial charge in [0, 0.05) is 0 Å². The van der Waals surface area contributed by atoms with Gasteiger partial charge in [0.05, 0.1) is 0 Å². The third kappa shape index (κ3) is 5.72. The minimum Gasteiger partial charge on any atom is -0.508 e. The summed E-state index contributed by atoms with van der Waals surface area (Å²) in [5.41, 5.74) is 3.80. The lowest BCUT2D eigenvalue weighted by molar-refractivity contribution is 0.367. The van der Waals surface area contributed by atoms with Gasteiger partial charge in [-0.3, -0.25) is 0 Å². The molecule has 0 saturated heterocycles. The van der Waals surface area contributed by atoms with E-state index in [2.05, 4.69) is 0 Å². The maximum Gasteiger partial charge on any atom is 0.200 e. The molecule has 0 fully saturated rings. The monoisotopic (exact) mass is 458 g/mol. The number of ether oxygens (including phenoxy) is 1. The molecular weight excluding hydrogens is 432 g/mol. The van der Waals surface area contributed by atoms with Crippen LogP contribution in [-0.4, -0.2) is 25.5 Å². The average Bonchev–Trinajstić information content (AvgIpc) is 2.83. The number of aromatic hydroxyl groups is 5. The van der Waals surface area contributed by atoms with Crippen molar-refractivity contribution in [1.29, 1.82) is 0 Å². The zero-order chi connectivity index (χ0) is 24.1. The predicted octanol–water partition coefficient (Wildman–Crippen LogP) is 5.58. The first-order chi connectivity index (χ1) is 16.4. The minimum absolute atomic E-state index is 0.0498. The van der Waals surface area contributed by atoms with Crippen LogP contribution >= 0.6 is 0 Å². The van der Waals surface area contributed by atoms with Gasteiger partial charge >= 0.3 is 0 Å². The van der Waals surface area contributed by atoms with Crippen molar-refractivity contribution in [3.05, 3.63) is 101 Å². The summed E-state index contributed by atoms with van der Waals surface area (Å²) < 4.78 is 5.97. The molecule has 0 atom stereocenters. The van der Waals surface area contributed by atoms with Crippen molar-refractivity contribution >= 4 is 0 Å². The highest BCUT2D eigenvalue weighted by atomic mass is 16.5. The fraction of sp³-hybridized carbons (Fsp3) is 0.143. The Morgan fingerprint density at radius 1 is 0.500 bits per heavy atom. The molecule has 0 aliphatic carbocycles. The molecule has 0 aliphatic rings. The van der Waals surface area contributed by atoms with Crippen LogP contribution in [0.3, 0.4) is 0 Å². The lowest BCUT2D eigenvalue weighted by Crippen LogP contribution is -1.94. The van der Waals surface area contributed by atoms with Crippen LogP contribution in [0.1, 0.15) is 22.3 Å². The van der Waals surface area contributed by atoms with Crippen LogP contribution in [0.2, 0.25) is 0 Å². The molecule has 4 rings (SSSR count). The van der Waals surface area contributed by atoms with E-state index in [0.29, 0.717) is 29.9 Å². The number of phenols is 5. The number of aryl methyl sites for hydroxylation is 4. The summed E-state index contributed by atoms with van der Waals surface area (Å²) >= 11 is 0. The summed E-state index contributed by atoms with van der Waals surface area (Å²) in [5, 5.41) is 48.6. The third-order valence-corrected chi connectivity index (χ3v) is 5.62. The Hall–Kier alpha value is -4.32. The van der Waals surface area contributed by atoms with Crippen molar-refractivity contribution in [2.24, 2.45) is 0 Å². The SMILES string of the molecule is Oc1ccc(CCc2ccc(O)c(Oc3cccc(CCc4cc(O)c(O)c(O)c4)c3)c2)cc1. The molecule has 0 unspecified atom stereocenters. The lowest BCUT2D eigenvalue weighted by Gasteiger charge is -2.11. The smallest absolute Gasteiger partial charge is 0.200 e. The van der Waals surface area contributed by atoms with E-state index < -0.39 is 5.75 Å². The summed E-state index contributed by atoms with van der Waals surface area (Å²) in [5.74, 6) is 0.0121. The number of hydrogen-bond acceptors (Lipinski definition) is 6. The molecule has 0 bridgehead atoms. The van der Waals surface area contributed by atoms with Crippen LogP contribution in [0.15, 0.2) is 78.9 Å². The predicted molar refractivity (Wildman–Crippen MR) is 129 cm³/mol. The minimum atomic E-state index is -0.524. The second kappa shape index (κ2) is 10.1. The van der Waals surface area contributed by atoms with E-state index in [9.17, 15) is 25.5 Å². The quantitative estimate of drug-likeness (QED) is 0.221. The van der Waals surface area contributed by atoms with E-state index in [4.69, 9.17) is 4.74 Å². The van der Waals surface area contributed by atoms with Gasteiger partial charge in [0.15, 0.2) is 28.7 Å². The average molecular weight is 459 g/mol. The van der Waals surface area contributed by atoms with Crippen LogP contribution in [-0.2, 0) is 25.7 Å². The lowest BCUT2D eigenvalue weighted by atomic mass is 10.0. The fourth-order valence-electron chi connectivity index (χ4n) is 3.73. The van der Waals surface area contributed by atoms with Gasteiger partial charge in [-0.05, 0) is 96.5 Å². The van der Waals surface area contributed by atoms with Crippen molar-refractivity contribution in [3.63, 3.8) is 0 Å². The highest BCUT2D eigenvalue weighted by molar-refractivity contribution is 5.51. The van der Waals surface area contributed by atoms with Gasteiger partial charge < -0.3 is 30.3 Å². The van der Waals surface area contributed by atoms with Crippen LogP contribution in [0.25, 0.3) is 0 Å². The second-order valence-corrected chi connectivity index (χ2v) is 8.20. The maximum absolute atomic E-state index is 10.3. The molecule has 6 nitrogen and oxygen atoms in total. The second-order valence-electron chi connectivity index (χ2n) is 8.20. The molecule has 4 aromatic rings. The van der Waals surface area contributed by atoms with Crippen molar-refractivity contribution in [3.8, 4) is 40.2 Å². The zero-order valence-electron chi connectivity index (χ0n) is 18.5. The first-order valence-electron chi connectivity index (χ1n) is 11.0. The van der Waals surface area contributed by atoms with E-state index in [1.54, 1.807) is 18.2 Å². The first-order valence-corrected chi connectivity index (χ1v) is 11.0. The molecule has 0 saturated carbocycles. The molecule has 0 spiro atoms. The van der Waals surface area contributed by atoms with E-state index in [0.717, 1.165) is 29.5 Å². The number of benzene rings is 4. The van der Waals surface area contributed by atoms with Crippen molar-refractivity contribution in [2.75, 3.05) is 0 Å². The van der Waals surface area contributed by atoms with Crippen LogP contribution in [0, 0.1) is 0 Å². The zero-order valence-corrected chi connectivity index (χ0v) is 18.5. The summed E-state index contributed by atoms with van der Waals surface area (Å²) in [7, 11) is 0. The largest absolute Gasteiger partial charge is 0.508 e. The van der Waals surface area contributed by atoms with E-state index in [-0.39, 0.29) is 23.0 Å². The molecule has 0 heterocycles. The van der Waals surface area contributed by atoms with Gasteiger partial charge in [-0.1, -0.05) is 30.3 Å². The Morgan fingerprint density at radius 3 is 1.79 bits per heavy atom. The van der Waals surface area contributed by atoms with Crippen molar-refractivity contribution < 1.29 is 30.3 Å². The van der Waals surface area contributed by atoms with Gasteiger partial charge in [0.2, 0.25) is 0 Å². The summed E-state index contributed by atoms with van der Waals surface area (Å²) in [6, 6.07) is 22.8. The van der Waals surface area contributed by atoms with Gasteiger partial charge in [-0.15, -0.1) is 0 Å². The van der Waals surface area contributed by atoms with Crippen molar-refractivity contribution in [1.82, 2.24) is 0 Å². The summed E-state index contributed by atoms with van der Waals surface area (Å²) in [4.78, 5) is 0. The highest BCUT2D eigenvalue weighted by Crippen LogP contribution is 2.36. The molecule has 0 radical (unpaired) electrons. The molecular formula is C28H26O6. The van der Waals surface area contributed by atoms with Gasteiger partial charge in [0.1, 0.15) is 11.5 Å². The molecule has 0 aromatic heterocycles. The molecule has 4 aromatic carbocycles. The number of hydrogen-bond donors (Lipinski definition) is 5. The third-order valence-electron chi connectivity index (χ3n) is 5.62. The summed E-state index contributed by atoms with van der Waals surface area (Å²) in [6.45, 7) is 0. The van der Waals surface area contributed by atoms with Gasteiger partial charge in [0.25, 0.3) is 0 Å². The van der Waals surface area contributed by atoms with E-state index in [1.165, 1.54) is 12.1 Å². The Balaban J connectivity index is 1.42. The molecule has 5 N–H and O–H groups in total. The van der Waals surface area contributed by atoms with Crippen molar-refractivity contribution in [2.45, 2.75) is 25.7 Å². The molecule has 0 aliphatic heterocycles. The standard InChI is InChI=1S/C28H26O6/c29-22-11-8-18(9-12-22)4-5-20-10-13-24(30)27(17-20)34-23-3-1-2-19(14-23)6-7-21-15-25(31)28(33)26(32)16-21/h1-3,8-17,29-33H,4-7H2. The summed E-state index contributed by atoms with van der Waals surface area (Å²) in [6.07, 6.45) is 2.72. The number of phenolic OH excluding ortho intramolecular Hbond substituents is 5. The Bertz CT molecular complexity index is 1260. The van der Waals surface area contributed by atoms with E-state index >= 15 is 0 Å². The fourth-order valence-corrected chi connectivity index (χ4v) is 3.73. The number of rotatable bonds is 8. The topological polar surface area (TPSA) is 110 Å². The van der Waals surface area contributed by atoms with Crippen LogP contribution in [0.5, 0.6) is 40.2 Å². The van der Waals surface area contributed by atoms with Crippen LogP contribution in [0.4, 0.5) is 0 Å². The van der Waals surface area contributed by atoms with Gasteiger partial charge in [-0.25, -0.2) is 0 Å². The Kier molecular flexibility index (Phi) is 6.78. The molecule has 0 amide bonds.